The van der Waals surface area contributed by atoms with Gasteiger partial charge in [-0.25, -0.2) is 0 Å². The van der Waals surface area contributed by atoms with E-state index in [1.165, 1.54) is 0 Å². The van der Waals surface area contributed by atoms with Crippen LogP contribution in [0.25, 0.3) is 0 Å². The van der Waals surface area contributed by atoms with E-state index in [0.717, 1.165) is 24.9 Å². The Morgan fingerprint density at radius 2 is 2.19 bits per heavy atom. The van der Waals surface area contributed by atoms with E-state index in [-0.39, 0.29) is 17.9 Å². The summed E-state index contributed by atoms with van der Waals surface area (Å²) in [4.78, 5) is 25.9. The SMILES string of the molecule is Cc1cc(C(=O)N2CCC3NC(=O)CCC3C2)ccc1Cl. The molecule has 3 rings (SSSR count). The average Bonchev–Trinajstić information content (AvgIpc) is 2.49. The minimum absolute atomic E-state index is 0.0603. The number of aryl methyl sites for hydroxylation is 1. The molecule has 2 amide bonds. The summed E-state index contributed by atoms with van der Waals surface area (Å²) < 4.78 is 0. The first-order valence-corrected chi connectivity index (χ1v) is 7.77. The standard InChI is InChI=1S/C16H19ClN2O2/c1-10-8-11(2-4-13(10)17)16(21)19-7-6-14-12(9-19)3-5-15(20)18-14/h2,4,8,12,14H,3,5-7,9H2,1H3,(H,18,20). The van der Waals surface area contributed by atoms with Crippen LogP contribution in [-0.4, -0.2) is 35.8 Å². The van der Waals surface area contributed by atoms with Crippen LogP contribution in [0.2, 0.25) is 5.02 Å². The summed E-state index contributed by atoms with van der Waals surface area (Å²) in [6.07, 6.45) is 2.29. The van der Waals surface area contributed by atoms with Gasteiger partial charge in [0.05, 0.1) is 0 Å². The van der Waals surface area contributed by atoms with Gasteiger partial charge in [0.1, 0.15) is 0 Å². The fourth-order valence-corrected chi connectivity index (χ4v) is 3.37. The summed E-state index contributed by atoms with van der Waals surface area (Å²) >= 11 is 6.01. The number of nitrogens with zero attached hydrogens (tertiary/aromatic N) is 1. The first-order chi connectivity index (χ1) is 10.0. The summed E-state index contributed by atoms with van der Waals surface area (Å²) in [5.74, 6) is 0.586. The number of rotatable bonds is 1. The van der Waals surface area contributed by atoms with Crippen LogP contribution in [0.15, 0.2) is 18.2 Å². The molecular formula is C16H19ClN2O2. The largest absolute Gasteiger partial charge is 0.353 e. The molecule has 1 aromatic rings. The molecule has 21 heavy (non-hydrogen) atoms. The zero-order valence-electron chi connectivity index (χ0n) is 12.1. The van der Waals surface area contributed by atoms with E-state index < -0.39 is 0 Å². The summed E-state index contributed by atoms with van der Waals surface area (Å²) in [6.45, 7) is 3.33. The molecular weight excluding hydrogens is 288 g/mol. The molecule has 2 aliphatic rings. The number of hydrogen-bond donors (Lipinski definition) is 1. The number of likely N-dealkylation sites (tertiary alicyclic amines) is 1. The van der Waals surface area contributed by atoms with Gasteiger partial charge in [-0.2, -0.15) is 0 Å². The van der Waals surface area contributed by atoms with Gasteiger partial charge in [-0.05, 0) is 49.4 Å². The van der Waals surface area contributed by atoms with Crippen LogP contribution in [0.4, 0.5) is 0 Å². The van der Waals surface area contributed by atoms with Gasteiger partial charge in [0, 0.05) is 36.1 Å². The number of carbonyl (C=O) groups excluding carboxylic acids is 2. The molecule has 2 unspecified atom stereocenters. The van der Waals surface area contributed by atoms with Crippen LogP contribution < -0.4 is 5.32 Å². The number of piperidine rings is 2. The molecule has 0 spiro atoms. The Balaban J connectivity index is 1.71. The molecule has 0 radical (unpaired) electrons. The molecule has 2 atom stereocenters. The lowest BCUT2D eigenvalue weighted by atomic mass is 9.85. The molecule has 0 aliphatic carbocycles. The molecule has 1 N–H and O–H groups in total. The summed E-state index contributed by atoms with van der Waals surface area (Å²) in [5, 5.41) is 3.72. The number of fused-ring (bicyclic) bond motifs is 1. The minimum Gasteiger partial charge on any atom is -0.353 e. The van der Waals surface area contributed by atoms with Crippen molar-refractivity contribution in [1.82, 2.24) is 10.2 Å². The highest BCUT2D eigenvalue weighted by molar-refractivity contribution is 6.31. The zero-order valence-corrected chi connectivity index (χ0v) is 12.8. The van der Waals surface area contributed by atoms with Gasteiger partial charge in [-0.3, -0.25) is 9.59 Å². The van der Waals surface area contributed by atoms with Crippen LogP contribution in [0.5, 0.6) is 0 Å². The zero-order chi connectivity index (χ0) is 15.0. The van der Waals surface area contributed by atoms with Gasteiger partial charge in [0.15, 0.2) is 0 Å². The van der Waals surface area contributed by atoms with Gasteiger partial charge in [-0.15, -0.1) is 0 Å². The van der Waals surface area contributed by atoms with E-state index >= 15 is 0 Å². The molecule has 0 aromatic heterocycles. The quantitative estimate of drug-likeness (QED) is 0.866. The van der Waals surface area contributed by atoms with E-state index in [4.69, 9.17) is 11.6 Å². The highest BCUT2D eigenvalue weighted by atomic mass is 35.5. The molecule has 112 valence electrons. The van der Waals surface area contributed by atoms with Crippen molar-refractivity contribution in [2.45, 2.75) is 32.2 Å². The molecule has 0 bridgehead atoms. The van der Waals surface area contributed by atoms with Crippen molar-refractivity contribution >= 4 is 23.4 Å². The Hall–Kier alpha value is -1.55. The number of halogens is 1. The summed E-state index contributed by atoms with van der Waals surface area (Å²) in [7, 11) is 0. The monoisotopic (exact) mass is 306 g/mol. The lowest BCUT2D eigenvalue weighted by Crippen LogP contribution is -2.55. The van der Waals surface area contributed by atoms with E-state index in [0.29, 0.717) is 29.5 Å². The molecule has 0 saturated carbocycles. The van der Waals surface area contributed by atoms with Crippen molar-refractivity contribution in [3.05, 3.63) is 34.3 Å². The van der Waals surface area contributed by atoms with Crippen molar-refractivity contribution in [3.63, 3.8) is 0 Å². The second-order valence-corrected chi connectivity index (χ2v) is 6.38. The number of nitrogens with one attached hydrogen (secondary N) is 1. The van der Waals surface area contributed by atoms with Crippen LogP contribution >= 0.6 is 11.6 Å². The third-order valence-corrected chi connectivity index (χ3v) is 4.94. The molecule has 2 aliphatic heterocycles. The molecule has 1 aromatic carbocycles. The Bertz CT molecular complexity index is 588. The third kappa shape index (κ3) is 2.91. The second-order valence-electron chi connectivity index (χ2n) is 5.98. The lowest BCUT2D eigenvalue weighted by Gasteiger charge is -2.41. The summed E-state index contributed by atoms with van der Waals surface area (Å²) in [5.41, 5.74) is 1.61. The second kappa shape index (κ2) is 5.68. The van der Waals surface area contributed by atoms with Gasteiger partial charge in [0.25, 0.3) is 5.91 Å². The van der Waals surface area contributed by atoms with Crippen LogP contribution in [0.1, 0.15) is 35.2 Å². The van der Waals surface area contributed by atoms with Crippen molar-refractivity contribution in [3.8, 4) is 0 Å². The highest BCUT2D eigenvalue weighted by Crippen LogP contribution is 2.27. The molecule has 2 saturated heterocycles. The lowest BCUT2D eigenvalue weighted by molar-refractivity contribution is -0.125. The maximum absolute atomic E-state index is 12.6. The van der Waals surface area contributed by atoms with Crippen LogP contribution in [0, 0.1) is 12.8 Å². The summed E-state index contributed by atoms with van der Waals surface area (Å²) in [6, 6.07) is 5.64. The fourth-order valence-electron chi connectivity index (χ4n) is 3.25. The Labute approximate surface area is 129 Å². The van der Waals surface area contributed by atoms with Gasteiger partial charge < -0.3 is 10.2 Å². The maximum atomic E-state index is 12.6. The number of carbonyl (C=O) groups is 2. The first kappa shape index (κ1) is 14.4. The molecule has 5 heteroatoms. The van der Waals surface area contributed by atoms with E-state index in [2.05, 4.69) is 5.32 Å². The van der Waals surface area contributed by atoms with E-state index in [9.17, 15) is 9.59 Å². The van der Waals surface area contributed by atoms with Crippen molar-refractivity contribution in [2.75, 3.05) is 13.1 Å². The molecule has 2 heterocycles. The Morgan fingerprint density at radius 1 is 1.38 bits per heavy atom. The Kier molecular flexibility index (Phi) is 3.89. The number of hydrogen-bond acceptors (Lipinski definition) is 2. The Morgan fingerprint density at radius 3 is 2.95 bits per heavy atom. The minimum atomic E-state index is 0.0603. The van der Waals surface area contributed by atoms with E-state index in [1.54, 1.807) is 12.1 Å². The van der Waals surface area contributed by atoms with Gasteiger partial charge >= 0.3 is 0 Å². The van der Waals surface area contributed by atoms with Crippen LogP contribution in [-0.2, 0) is 4.79 Å². The highest BCUT2D eigenvalue weighted by Gasteiger charge is 2.35. The van der Waals surface area contributed by atoms with Gasteiger partial charge in [0.2, 0.25) is 5.91 Å². The maximum Gasteiger partial charge on any atom is 0.253 e. The van der Waals surface area contributed by atoms with Crippen molar-refractivity contribution in [2.24, 2.45) is 5.92 Å². The topological polar surface area (TPSA) is 49.4 Å². The fraction of sp³-hybridized carbons (Fsp3) is 0.500. The van der Waals surface area contributed by atoms with Crippen LogP contribution in [0.3, 0.4) is 0 Å². The number of benzene rings is 1. The predicted molar refractivity (Wildman–Crippen MR) is 81.4 cm³/mol. The van der Waals surface area contributed by atoms with E-state index in [1.807, 2.05) is 17.9 Å². The van der Waals surface area contributed by atoms with Gasteiger partial charge in [-0.1, -0.05) is 11.6 Å². The van der Waals surface area contributed by atoms with Crippen molar-refractivity contribution < 1.29 is 9.59 Å². The predicted octanol–water partition coefficient (Wildman–Crippen LogP) is 2.39. The first-order valence-electron chi connectivity index (χ1n) is 7.39. The third-order valence-electron chi connectivity index (χ3n) is 4.51. The molecule has 2 fully saturated rings. The average molecular weight is 307 g/mol. The van der Waals surface area contributed by atoms with Crippen molar-refractivity contribution in [1.29, 1.82) is 0 Å². The normalized spacial score (nSPS) is 25.2. The smallest absolute Gasteiger partial charge is 0.253 e. The molecule has 4 nitrogen and oxygen atoms in total. The number of amides is 2.